The third kappa shape index (κ3) is 1.64. The normalized spacial score (nSPS) is 26.4. The quantitative estimate of drug-likeness (QED) is 0.652. The van der Waals surface area contributed by atoms with Crippen molar-refractivity contribution < 1.29 is 10.2 Å². The molecule has 0 saturated carbocycles. The zero-order valence-corrected chi connectivity index (χ0v) is 7.58. The van der Waals surface area contributed by atoms with Crippen LogP contribution in [0.5, 0.6) is 0 Å². The number of aliphatic hydroxyl groups is 2. The molecule has 0 saturated heterocycles. The minimum Gasteiger partial charge on any atom is -0.505 e. The van der Waals surface area contributed by atoms with Crippen molar-refractivity contribution in [1.29, 1.82) is 0 Å². The summed E-state index contributed by atoms with van der Waals surface area (Å²) in [7, 11) is 0. The number of hydrogen-bond donors (Lipinski definition) is 2. The van der Waals surface area contributed by atoms with Gasteiger partial charge in [-0.3, -0.25) is 0 Å². The predicted molar refractivity (Wildman–Crippen MR) is 44.9 cm³/mol. The number of halogens is 3. The van der Waals surface area contributed by atoms with Crippen molar-refractivity contribution in [2.24, 2.45) is 0 Å². The van der Waals surface area contributed by atoms with Crippen LogP contribution in [-0.2, 0) is 0 Å². The first-order chi connectivity index (χ1) is 5.04. The highest BCUT2D eigenvalue weighted by molar-refractivity contribution is 6.42. The maximum Gasteiger partial charge on any atom is 0.150 e. The lowest BCUT2D eigenvalue weighted by Gasteiger charge is -2.17. The fourth-order valence-electron chi connectivity index (χ4n) is 0.735. The smallest absolute Gasteiger partial charge is 0.150 e. The van der Waals surface area contributed by atoms with Crippen LogP contribution in [0.1, 0.15) is 6.42 Å². The Bertz CT molecular complexity index is 244. The van der Waals surface area contributed by atoms with Crippen LogP contribution in [0.4, 0.5) is 0 Å². The van der Waals surface area contributed by atoms with Crippen LogP contribution in [0, 0.1) is 0 Å². The molecule has 1 rings (SSSR count). The highest BCUT2D eigenvalue weighted by Gasteiger charge is 2.24. The first-order valence-electron chi connectivity index (χ1n) is 2.85. The molecule has 0 heterocycles. The Kier molecular flexibility index (Phi) is 2.70. The van der Waals surface area contributed by atoms with Gasteiger partial charge < -0.3 is 10.2 Å². The zero-order chi connectivity index (χ0) is 8.59. The van der Waals surface area contributed by atoms with Crippen molar-refractivity contribution in [3.05, 3.63) is 20.9 Å². The second-order valence-corrected chi connectivity index (χ2v) is 3.38. The van der Waals surface area contributed by atoms with E-state index in [-0.39, 0.29) is 27.3 Å². The van der Waals surface area contributed by atoms with Crippen molar-refractivity contribution in [1.82, 2.24) is 0 Å². The van der Waals surface area contributed by atoms with Crippen LogP contribution in [0.15, 0.2) is 20.9 Å². The highest BCUT2D eigenvalue weighted by Crippen LogP contribution is 2.35. The molecule has 5 heteroatoms. The lowest BCUT2D eigenvalue weighted by Crippen LogP contribution is -2.13. The molecule has 1 unspecified atom stereocenters. The van der Waals surface area contributed by atoms with Gasteiger partial charge in [0, 0.05) is 6.42 Å². The minimum absolute atomic E-state index is 0.0357. The molecule has 2 N–H and O–H groups in total. The van der Waals surface area contributed by atoms with Gasteiger partial charge in [0.05, 0.1) is 16.2 Å². The summed E-state index contributed by atoms with van der Waals surface area (Å²) in [5, 5.41) is 18.3. The van der Waals surface area contributed by atoms with Crippen LogP contribution in [0.3, 0.4) is 0 Å². The van der Waals surface area contributed by atoms with E-state index >= 15 is 0 Å². The molecule has 0 radical (unpaired) electrons. The molecule has 2 nitrogen and oxygen atoms in total. The molecule has 0 fully saturated rings. The van der Waals surface area contributed by atoms with Crippen LogP contribution >= 0.6 is 34.8 Å². The van der Waals surface area contributed by atoms with E-state index in [1.54, 1.807) is 0 Å². The molecule has 1 atom stereocenters. The van der Waals surface area contributed by atoms with E-state index in [9.17, 15) is 0 Å². The minimum atomic E-state index is -0.896. The van der Waals surface area contributed by atoms with Gasteiger partial charge in [-0.25, -0.2) is 0 Å². The number of aliphatic hydroxyl groups excluding tert-OH is 2. The van der Waals surface area contributed by atoms with Gasteiger partial charge in [-0.2, -0.15) is 0 Å². The molecule has 0 aromatic rings. The van der Waals surface area contributed by atoms with E-state index in [1.807, 2.05) is 0 Å². The van der Waals surface area contributed by atoms with E-state index in [0.29, 0.717) is 0 Å². The molecule has 0 spiro atoms. The second-order valence-electron chi connectivity index (χ2n) is 2.14. The van der Waals surface area contributed by atoms with Gasteiger partial charge in [-0.1, -0.05) is 34.8 Å². The summed E-state index contributed by atoms with van der Waals surface area (Å²) in [6.45, 7) is 0. The second kappa shape index (κ2) is 3.23. The Balaban J connectivity index is 3.07. The van der Waals surface area contributed by atoms with Gasteiger partial charge in [0.1, 0.15) is 10.8 Å². The van der Waals surface area contributed by atoms with E-state index in [0.717, 1.165) is 0 Å². The molecule has 0 bridgehead atoms. The van der Waals surface area contributed by atoms with Crippen LogP contribution in [0.25, 0.3) is 0 Å². The van der Waals surface area contributed by atoms with Crippen LogP contribution < -0.4 is 0 Å². The first kappa shape index (κ1) is 9.20. The summed E-state index contributed by atoms with van der Waals surface area (Å²) < 4.78 is 0. The molecule has 0 amide bonds. The third-order valence-electron chi connectivity index (χ3n) is 1.34. The maximum atomic E-state index is 9.13. The first-order valence-corrected chi connectivity index (χ1v) is 3.98. The lowest BCUT2D eigenvalue weighted by atomic mass is 10.1. The fourth-order valence-corrected chi connectivity index (χ4v) is 1.43. The van der Waals surface area contributed by atoms with Gasteiger partial charge in [-0.05, 0) is 0 Å². The Morgan fingerprint density at radius 2 is 1.82 bits per heavy atom. The van der Waals surface area contributed by atoms with Gasteiger partial charge in [0.2, 0.25) is 0 Å². The van der Waals surface area contributed by atoms with Gasteiger partial charge in [0.15, 0.2) is 0 Å². The standard InChI is InChI=1S/C6H5Cl3O2/c7-2-1-3(10)4(8)5(9)6(2)11/h3,10-11H,1H2. The average Bonchev–Trinajstić information content (AvgIpc) is 1.97. The van der Waals surface area contributed by atoms with E-state index < -0.39 is 6.10 Å². The number of rotatable bonds is 0. The zero-order valence-electron chi connectivity index (χ0n) is 5.31. The molecule has 0 aromatic heterocycles. The molecule has 62 valence electrons. The summed E-state index contributed by atoms with van der Waals surface area (Å²) in [6, 6.07) is 0. The Morgan fingerprint density at radius 1 is 1.27 bits per heavy atom. The lowest BCUT2D eigenvalue weighted by molar-refractivity contribution is 0.214. The number of allylic oxidation sites excluding steroid dienone is 1. The van der Waals surface area contributed by atoms with Crippen molar-refractivity contribution in [2.45, 2.75) is 12.5 Å². The molecule has 0 aromatic carbocycles. The maximum absolute atomic E-state index is 9.13. The molecule has 11 heavy (non-hydrogen) atoms. The highest BCUT2D eigenvalue weighted by atomic mass is 35.5. The van der Waals surface area contributed by atoms with E-state index in [2.05, 4.69) is 0 Å². The Hall–Kier alpha value is 0.110. The topological polar surface area (TPSA) is 40.5 Å². The summed E-state index contributed by atoms with van der Waals surface area (Å²) in [6.07, 6.45) is -0.782. The molecule has 1 aliphatic rings. The average molecular weight is 215 g/mol. The molecule has 1 aliphatic carbocycles. The fraction of sp³-hybridized carbons (Fsp3) is 0.333. The summed E-state index contributed by atoms with van der Waals surface area (Å²) >= 11 is 16.5. The van der Waals surface area contributed by atoms with Crippen LogP contribution in [-0.4, -0.2) is 16.3 Å². The summed E-state index contributed by atoms with van der Waals surface area (Å²) in [5.41, 5.74) is 0. The van der Waals surface area contributed by atoms with Crippen molar-refractivity contribution in [2.75, 3.05) is 0 Å². The third-order valence-corrected chi connectivity index (χ3v) is 2.59. The monoisotopic (exact) mass is 214 g/mol. The largest absolute Gasteiger partial charge is 0.505 e. The van der Waals surface area contributed by atoms with Crippen LogP contribution in [0.2, 0.25) is 0 Å². The molecular weight excluding hydrogens is 210 g/mol. The van der Waals surface area contributed by atoms with Gasteiger partial charge in [0.25, 0.3) is 0 Å². The molecule has 0 aliphatic heterocycles. The molecular formula is C6H5Cl3O2. The Labute approximate surface area is 78.7 Å². The summed E-state index contributed by atoms with van der Waals surface area (Å²) in [5.74, 6) is -0.247. The number of hydrogen-bond acceptors (Lipinski definition) is 2. The van der Waals surface area contributed by atoms with Gasteiger partial charge in [-0.15, -0.1) is 0 Å². The SMILES string of the molecule is OC1=C(Cl)CC(O)C(Cl)=C1Cl. The van der Waals surface area contributed by atoms with Crippen molar-refractivity contribution in [3.63, 3.8) is 0 Å². The predicted octanol–water partition coefficient (Wildman–Crippen LogP) is 2.45. The van der Waals surface area contributed by atoms with Gasteiger partial charge >= 0.3 is 0 Å². The van der Waals surface area contributed by atoms with Crippen molar-refractivity contribution >= 4 is 34.8 Å². The summed E-state index contributed by atoms with van der Waals surface area (Å²) in [4.78, 5) is 0. The van der Waals surface area contributed by atoms with E-state index in [1.165, 1.54) is 0 Å². The van der Waals surface area contributed by atoms with Crippen molar-refractivity contribution in [3.8, 4) is 0 Å². The Morgan fingerprint density at radius 3 is 2.36 bits per heavy atom. The van der Waals surface area contributed by atoms with E-state index in [4.69, 9.17) is 45.0 Å².